The molecule has 3 heterocycles. The zero-order valence-electron chi connectivity index (χ0n) is 16.6. The Balaban J connectivity index is 1.18. The second-order valence-corrected chi connectivity index (χ2v) is 6.87. The third-order valence-electron chi connectivity index (χ3n) is 4.59. The van der Waals surface area contributed by atoms with Gasteiger partial charge >= 0.3 is 0 Å². The van der Waals surface area contributed by atoms with Crippen molar-refractivity contribution in [2.75, 3.05) is 0 Å². The van der Waals surface area contributed by atoms with E-state index >= 15 is 0 Å². The minimum Gasteiger partial charge on any atom is -0.457 e. The lowest BCUT2D eigenvalue weighted by atomic mass is 10.1. The number of rotatable bonds is 5. The summed E-state index contributed by atoms with van der Waals surface area (Å²) in [5.41, 5.74) is 1.57. The van der Waals surface area contributed by atoms with Gasteiger partial charge in [0.1, 0.15) is 22.9 Å². The average molecular weight is 414 g/mol. The van der Waals surface area contributed by atoms with Crippen molar-refractivity contribution in [2.45, 2.75) is 19.4 Å². The zero-order chi connectivity index (χ0) is 21.0. The Labute approximate surface area is 178 Å². The average Bonchev–Trinajstić information content (AvgIpc) is 3.45. The predicted octanol–water partition coefficient (Wildman–Crippen LogP) is 5.09. The number of ether oxygens (including phenoxy) is 2. The Morgan fingerprint density at radius 2 is 1.61 bits per heavy atom. The number of aryl methyl sites for hydroxylation is 1. The van der Waals surface area contributed by atoms with E-state index in [4.69, 9.17) is 18.7 Å². The first kappa shape index (κ1) is 18.8. The third kappa shape index (κ3) is 4.37. The lowest BCUT2D eigenvalue weighted by molar-refractivity contribution is 0.0855. The Morgan fingerprint density at radius 3 is 2.32 bits per heavy atom. The van der Waals surface area contributed by atoms with Gasteiger partial charge in [-0.3, -0.25) is 0 Å². The first-order valence-corrected chi connectivity index (χ1v) is 9.73. The molecule has 0 aliphatic carbocycles. The van der Waals surface area contributed by atoms with Crippen LogP contribution in [0.25, 0.3) is 11.6 Å². The Bertz CT molecular complexity index is 1190. The lowest BCUT2D eigenvalue weighted by Crippen LogP contribution is -2.07. The van der Waals surface area contributed by atoms with Gasteiger partial charge < -0.3 is 18.7 Å². The topological polar surface area (TPSA) is 91.9 Å². The van der Waals surface area contributed by atoms with E-state index in [-0.39, 0.29) is 6.10 Å². The Kier molecular flexibility index (Phi) is 5.02. The summed E-state index contributed by atoms with van der Waals surface area (Å²) in [6, 6.07) is 20.9. The van der Waals surface area contributed by atoms with Crippen LogP contribution >= 0.6 is 0 Å². The van der Waals surface area contributed by atoms with E-state index in [2.05, 4.69) is 20.3 Å². The van der Waals surface area contributed by atoms with Crippen molar-refractivity contribution in [1.82, 2.24) is 15.2 Å². The summed E-state index contributed by atoms with van der Waals surface area (Å²) >= 11 is 0. The van der Waals surface area contributed by atoms with Crippen molar-refractivity contribution in [3.8, 4) is 28.8 Å². The first-order valence-electron chi connectivity index (χ1n) is 9.73. The molecule has 31 heavy (non-hydrogen) atoms. The smallest absolute Gasteiger partial charge is 0.266 e. The highest BCUT2D eigenvalue weighted by Gasteiger charge is 2.24. The molecular formula is C23H18N4O4. The summed E-state index contributed by atoms with van der Waals surface area (Å²) in [7, 11) is 0. The van der Waals surface area contributed by atoms with Crippen LogP contribution < -0.4 is 9.47 Å². The Morgan fingerprint density at radius 1 is 0.839 bits per heavy atom. The number of aromatic nitrogens is 3. The highest BCUT2D eigenvalue weighted by atomic mass is 16.7. The molecule has 8 nitrogen and oxygen atoms in total. The SMILES string of the molecule is Cc1nnc(-c2ccc(OC3=NO[C@@H](c4ccc(Oc5ccccc5)cc4)C3)cn2)o1. The van der Waals surface area contributed by atoms with Crippen molar-refractivity contribution >= 4 is 5.90 Å². The van der Waals surface area contributed by atoms with Crippen molar-refractivity contribution in [3.63, 3.8) is 0 Å². The van der Waals surface area contributed by atoms with E-state index in [1.165, 1.54) is 0 Å². The summed E-state index contributed by atoms with van der Waals surface area (Å²) in [6.07, 6.45) is 1.89. The van der Waals surface area contributed by atoms with Gasteiger partial charge in [-0.05, 0) is 42.0 Å². The van der Waals surface area contributed by atoms with Gasteiger partial charge in [0.15, 0.2) is 6.10 Å². The molecule has 0 bridgehead atoms. The second-order valence-electron chi connectivity index (χ2n) is 6.87. The molecule has 2 aromatic carbocycles. The van der Waals surface area contributed by atoms with Crippen LogP contribution in [-0.4, -0.2) is 21.1 Å². The summed E-state index contributed by atoms with van der Waals surface area (Å²) < 4.78 is 17.0. The van der Waals surface area contributed by atoms with Gasteiger partial charge in [-0.2, -0.15) is 0 Å². The van der Waals surface area contributed by atoms with E-state index in [1.807, 2.05) is 54.6 Å². The van der Waals surface area contributed by atoms with Gasteiger partial charge in [0.25, 0.3) is 5.89 Å². The minimum absolute atomic E-state index is 0.214. The van der Waals surface area contributed by atoms with Crippen molar-refractivity contribution in [2.24, 2.45) is 5.16 Å². The van der Waals surface area contributed by atoms with E-state index in [9.17, 15) is 0 Å². The van der Waals surface area contributed by atoms with Crippen molar-refractivity contribution in [1.29, 1.82) is 0 Å². The maximum Gasteiger partial charge on any atom is 0.266 e. The fourth-order valence-corrected chi connectivity index (χ4v) is 3.07. The molecular weight excluding hydrogens is 396 g/mol. The Hall–Kier alpha value is -4.20. The maximum atomic E-state index is 5.82. The molecule has 1 aliphatic rings. The van der Waals surface area contributed by atoms with E-state index in [1.54, 1.807) is 25.3 Å². The molecule has 1 atom stereocenters. The quantitative estimate of drug-likeness (QED) is 0.449. The number of oxime groups is 1. The van der Waals surface area contributed by atoms with Crippen molar-refractivity contribution < 1.29 is 18.7 Å². The summed E-state index contributed by atoms with van der Waals surface area (Å²) in [4.78, 5) is 9.84. The van der Waals surface area contributed by atoms with E-state index in [0.29, 0.717) is 35.5 Å². The first-order chi connectivity index (χ1) is 15.2. The second kappa shape index (κ2) is 8.27. The van der Waals surface area contributed by atoms with Crippen molar-refractivity contribution in [3.05, 3.63) is 84.4 Å². The van der Waals surface area contributed by atoms with Gasteiger partial charge in [-0.25, -0.2) is 4.98 Å². The van der Waals surface area contributed by atoms with Crippen LogP contribution in [0.5, 0.6) is 17.2 Å². The zero-order valence-corrected chi connectivity index (χ0v) is 16.6. The molecule has 4 aromatic rings. The number of benzene rings is 2. The third-order valence-corrected chi connectivity index (χ3v) is 4.59. The van der Waals surface area contributed by atoms with Crippen LogP contribution in [0.15, 0.2) is 82.5 Å². The molecule has 2 aromatic heterocycles. The van der Waals surface area contributed by atoms with Crippen LogP contribution in [0.3, 0.4) is 0 Å². The molecule has 0 N–H and O–H groups in total. The summed E-state index contributed by atoms with van der Waals surface area (Å²) in [6.45, 7) is 1.73. The van der Waals surface area contributed by atoms with Crippen LogP contribution in [0.2, 0.25) is 0 Å². The monoisotopic (exact) mass is 414 g/mol. The fourth-order valence-electron chi connectivity index (χ4n) is 3.07. The molecule has 8 heteroatoms. The van der Waals surface area contributed by atoms with Crippen LogP contribution in [0, 0.1) is 6.92 Å². The number of pyridine rings is 1. The molecule has 0 saturated heterocycles. The number of para-hydroxylation sites is 1. The van der Waals surface area contributed by atoms with Gasteiger partial charge in [0, 0.05) is 6.92 Å². The highest BCUT2D eigenvalue weighted by molar-refractivity contribution is 5.79. The fraction of sp³-hybridized carbons (Fsp3) is 0.130. The summed E-state index contributed by atoms with van der Waals surface area (Å²) in [5.74, 6) is 3.44. The molecule has 5 rings (SSSR count). The van der Waals surface area contributed by atoms with Crippen LogP contribution in [0.4, 0.5) is 0 Å². The summed E-state index contributed by atoms with van der Waals surface area (Å²) in [5, 5.41) is 11.8. The molecule has 0 fully saturated rings. The molecule has 0 saturated carbocycles. The van der Waals surface area contributed by atoms with Crippen LogP contribution in [0.1, 0.15) is 24.0 Å². The van der Waals surface area contributed by atoms with E-state index < -0.39 is 0 Å². The highest BCUT2D eigenvalue weighted by Crippen LogP contribution is 2.30. The molecule has 1 aliphatic heterocycles. The number of hydrogen-bond donors (Lipinski definition) is 0. The van der Waals surface area contributed by atoms with Gasteiger partial charge in [-0.15, -0.1) is 10.2 Å². The normalized spacial score (nSPS) is 15.3. The largest absolute Gasteiger partial charge is 0.457 e. The van der Waals surface area contributed by atoms with Gasteiger partial charge in [0.2, 0.25) is 11.8 Å². The lowest BCUT2D eigenvalue weighted by Gasteiger charge is -2.10. The van der Waals surface area contributed by atoms with Crippen LogP contribution in [-0.2, 0) is 4.84 Å². The predicted molar refractivity (Wildman–Crippen MR) is 112 cm³/mol. The molecule has 0 radical (unpaired) electrons. The van der Waals surface area contributed by atoms with Gasteiger partial charge in [0.05, 0.1) is 12.6 Å². The van der Waals surface area contributed by atoms with Gasteiger partial charge in [-0.1, -0.05) is 35.5 Å². The molecule has 0 unspecified atom stereocenters. The minimum atomic E-state index is -0.214. The number of nitrogens with zero attached hydrogens (tertiary/aromatic N) is 4. The molecule has 154 valence electrons. The molecule has 0 spiro atoms. The standard InChI is InChI=1S/C23H18N4O4/c1-15-25-26-23(28-15)20-12-11-19(14-24-20)30-22-13-21(31-27-22)16-7-9-18(10-8-16)29-17-5-3-2-4-6-17/h2-12,14,21H,13H2,1H3/t21-/m1/s1. The maximum absolute atomic E-state index is 5.82. The number of hydrogen-bond acceptors (Lipinski definition) is 8. The van der Waals surface area contributed by atoms with E-state index in [0.717, 1.165) is 17.1 Å². The molecule has 0 amide bonds.